The second-order valence-corrected chi connectivity index (χ2v) is 9.13. The molecule has 0 spiro atoms. The van der Waals surface area contributed by atoms with E-state index >= 15 is 0 Å². The van der Waals surface area contributed by atoms with Gasteiger partial charge in [-0.2, -0.15) is 0 Å². The summed E-state index contributed by atoms with van der Waals surface area (Å²) < 4.78 is 28.2. The summed E-state index contributed by atoms with van der Waals surface area (Å²) in [5.41, 5.74) is 6.41. The molecule has 1 aromatic heterocycles. The molecule has 2 aromatic rings. The Morgan fingerprint density at radius 3 is 2.47 bits per heavy atom. The van der Waals surface area contributed by atoms with Crippen LogP contribution in [0, 0.1) is 0 Å². The number of halogens is 3. The van der Waals surface area contributed by atoms with Gasteiger partial charge < -0.3 is 5.73 Å². The van der Waals surface area contributed by atoms with Gasteiger partial charge in [-0.25, -0.2) is 8.42 Å². The molecule has 9 heteroatoms. The van der Waals surface area contributed by atoms with Crippen molar-refractivity contribution in [1.82, 2.24) is 0 Å². The minimum absolute atomic E-state index is 0.117. The summed E-state index contributed by atoms with van der Waals surface area (Å²) in [5, 5.41) is 0.356. The molecule has 0 saturated carbocycles. The molecule has 1 aromatic carbocycles. The fourth-order valence-corrected chi connectivity index (χ4v) is 5.15. The van der Waals surface area contributed by atoms with Crippen molar-refractivity contribution in [2.75, 3.05) is 10.5 Å². The van der Waals surface area contributed by atoms with Crippen LogP contribution in [0.15, 0.2) is 36.7 Å². The van der Waals surface area contributed by atoms with Crippen molar-refractivity contribution in [2.45, 2.75) is 4.21 Å². The number of nitrogens with one attached hydrogen (secondary N) is 1. The highest BCUT2D eigenvalue weighted by Gasteiger charge is 2.20. The molecule has 0 radical (unpaired) electrons. The Hall–Kier alpha value is -0.280. The maximum Gasteiger partial charge on any atom is 0.271 e. The Balaban J connectivity index is 2.36. The van der Waals surface area contributed by atoms with Gasteiger partial charge in [0.15, 0.2) is 0 Å². The van der Waals surface area contributed by atoms with Crippen LogP contribution in [-0.4, -0.2) is 8.42 Å². The maximum atomic E-state index is 12.2. The van der Waals surface area contributed by atoms with Crippen LogP contribution < -0.4 is 10.5 Å². The Morgan fingerprint density at radius 2 is 1.95 bits per heavy atom. The largest absolute Gasteiger partial charge is 0.397 e. The molecule has 2 rings (SSSR count). The fraction of sp³-hybridized carbons (Fsp3) is 0. The van der Waals surface area contributed by atoms with Crippen molar-refractivity contribution in [3.05, 3.63) is 37.5 Å². The van der Waals surface area contributed by atoms with Gasteiger partial charge in [-0.3, -0.25) is 4.72 Å². The van der Waals surface area contributed by atoms with Gasteiger partial charge in [-0.05, 0) is 40.2 Å². The first-order chi connectivity index (χ1) is 8.79. The number of nitrogen functional groups attached to an aromatic ring is 1. The predicted octanol–water partition coefficient (Wildman–Crippen LogP) is 4.31. The molecule has 0 aliphatic carbocycles. The topological polar surface area (TPSA) is 72.2 Å². The summed E-state index contributed by atoms with van der Waals surface area (Å²) in [5.74, 6) is 0. The zero-order chi connectivity index (χ0) is 14.2. The van der Waals surface area contributed by atoms with Crippen LogP contribution in [0.2, 0.25) is 5.02 Å². The van der Waals surface area contributed by atoms with Crippen molar-refractivity contribution in [1.29, 1.82) is 0 Å². The minimum atomic E-state index is -3.69. The van der Waals surface area contributed by atoms with Crippen molar-refractivity contribution in [3.8, 4) is 0 Å². The average molecular weight is 447 g/mol. The van der Waals surface area contributed by atoms with E-state index in [9.17, 15) is 8.42 Å². The highest BCUT2D eigenvalue weighted by atomic mass is 79.9. The van der Waals surface area contributed by atoms with E-state index in [0.717, 1.165) is 15.8 Å². The van der Waals surface area contributed by atoms with Gasteiger partial charge in [0.05, 0.1) is 20.2 Å². The predicted molar refractivity (Wildman–Crippen MR) is 86.4 cm³/mol. The van der Waals surface area contributed by atoms with Crippen molar-refractivity contribution in [3.63, 3.8) is 0 Å². The number of sulfonamides is 1. The van der Waals surface area contributed by atoms with Gasteiger partial charge in [-0.1, -0.05) is 27.5 Å². The number of thiophene rings is 1. The number of anilines is 2. The quantitative estimate of drug-likeness (QED) is 0.690. The Morgan fingerprint density at radius 1 is 1.26 bits per heavy atom. The number of hydrogen-bond acceptors (Lipinski definition) is 4. The molecule has 0 saturated heterocycles. The van der Waals surface area contributed by atoms with Gasteiger partial charge in [0.2, 0.25) is 0 Å². The number of hydrogen-bond donors (Lipinski definition) is 2. The van der Waals surface area contributed by atoms with E-state index in [2.05, 4.69) is 36.6 Å². The van der Waals surface area contributed by atoms with Crippen LogP contribution in [0.5, 0.6) is 0 Å². The summed E-state index contributed by atoms with van der Waals surface area (Å²) in [4.78, 5) is 0. The minimum Gasteiger partial charge on any atom is -0.397 e. The smallest absolute Gasteiger partial charge is 0.271 e. The lowest BCUT2D eigenvalue weighted by Crippen LogP contribution is -2.12. The molecule has 3 N–H and O–H groups in total. The van der Waals surface area contributed by atoms with Crippen LogP contribution in [0.4, 0.5) is 11.4 Å². The van der Waals surface area contributed by atoms with E-state index in [1.165, 1.54) is 6.07 Å². The molecule has 0 bridgehead atoms. The lowest BCUT2D eigenvalue weighted by Gasteiger charge is -2.09. The van der Waals surface area contributed by atoms with Crippen LogP contribution in [0.3, 0.4) is 0 Å². The van der Waals surface area contributed by atoms with E-state index in [1.54, 1.807) is 18.2 Å². The summed E-state index contributed by atoms with van der Waals surface area (Å²) >= 11 is 13.3. The molecule has 19 heavy (non-hydrogen) atoms. The Labute approximate surface area is 136 Å². The van der Waals surface area contributed by atoms with Crippen LogP contribution in [0.25, 0.3) is 0 Å². The summed E-state index contributed by atoms with van der Waals surface area (Å²) in [6, 6.07) is 6.29. The zero-order valence-electron chi connectivity index (χ0n) is 9.15. The number of benzene rings is 1. The SMILES string of the molecule is Nc1cc(Br)ccc1NS(=O)(=O)c1cc(Cl)c(Br)s1. The van der Waals surface area contributed by atoms with Gasteiger partial charge in [0, 0.05) is 4.47 Å². The lowest BCUT2D eigenvalue weighted by molar-refractivity contribution is 0.603. The van der Waals surface area contributed by atoms with Gasteiger partial charge in [0.25, 0.3) is 10.0 Å². The standard InChI is InChI=1S/C10H7Br2ClN2O2S2/c11-5-1-2-8(7(14)3-5)15-19(16,17)9-4-6(13)10(12)18-9/h1-4,15H,14H2. The third-order valence-corrected chi connectivity index (χ3v) is 6.95. The first-order valence-corrected chi connectivity index (χ1v) is 9.08. The third kappa shape index (κ3) is 3.43. The summed E-state index contributed by atoms with van der Waals surface area (Å²) in [6.07, 6.45) is 0. The van der Waals surface area contributed by atoms with Crippen molar-refractivity contribution < 1.29 is 8.42 Å². The second kappa shape index (κ2) is 5.61. The lowest BCUT2D eigenvalue weighted by atomic mass is 10.3. The van der Waals surface area contributed by atoms with E-state index in [-0.39, 0.29) is 4.21 Å². The maximum absolute atomic E-state index is 12.2. The van der Waals surface area contributed by atoms with Crippen molar-refractivity contribution >= 4 is 76.2 Å². The first-order valence-electron chi connectivity index (χ1n) is 4.82. The monoisotopic (exact) mass is 444 g/mol. The van der Waals surface area contributed by atoms with E-state index < -0.39 is 10.0 Å². The van der Waals surface area contributed by atoms with E-state index in [1.807, 2.05) is 0 Å². The first kappa shape index (κ1) is 15.1. The molecule has 4 nitrogen and oxygen atoms in total. The molecule has 0 unspecified atom stereocenters. The molecule has 102 valence electrons. The Kier molecular flexibility index (Phi) is 4.46. The molecule has 0 amide bonds. The van der Waals surface area contributed by atoms with Gasteiger partial charge >= 0.3 is 0 Å². The molecular weight excluding hydrogens is 440 g/mol. The molecule has 0 fully saturated rings. The van der Waals surface area contributed by atoms with Crippen LogP contribution in [0.1, 0.15) is 0 Å². The van der Waals surface area contributed by atoms with Gasteiger partial charge in [0.1, 0.15) is 4.21 Å². The fourth-order valence-electron chi connectivity index (χ4n) is 1.28. The molecule has 0 aliphatic heterocycles. The van der Waals surface area contributed by atoms with Crippen LogP contribution >= 0.6 is 54.8 Å². The number of nitrogens with two attached hydrogens (primary N) is 1. The van der Waals surface area contributed by atoms with Gasteiger partial charge in [-0.15, -0.1) is 11.3 Å². The van der Waals surface area contributed by atoms with E-state index in [0.29, 0.717) is 20.2 Å². The highest BCUT2D eigenvalue weighted by molar-refractivity contribution is 9.11. The zero-order valence-corrected chi connectivity index (χ0v) is 14.7. The molecule has 0 atom stereocenters. The number of rotatable bonds is 3. The molecule has 0 aliphatic rings. The normalized spacial score (nSPS) is 11.5. The summed E-state index contributed by atoms with van der Waals surface area (Å²) in [7, 11) is -3.69. The average Bonchev–Trinajstić information content (AvgIpc) is 2.64. The molecular formula is C10H7Br2ClN2O2S2. The summed E-state index contributed by atoms with van der Waals surface area (Å²) in [6.45, 7) is 0. The molecule has 1 heterocycles. The van der Waals surface area contributed by atoms with Crippen molar-refractivity contribution in [2.24, 2.45) is 0 Å². The highest BCUT2D eigenvalue weighted by Crippen LogP contribution is 2.36. The van der Waals surface area contributed by atoms with Crippen LogP contribution in [-0.2, 0) is 10.0 Å². The Bertz CT molecular complexity index is 712. The third-order valence-electron chi connectivity index (χ3n) is 2.15. The van der Waals surface area contributed by atoms with E-state index in [4.69, 9.17) is 17.3 Å². The second-order valence-electron chi connectivity index (χ2n) is 3.52.